The van der Waals surface area contributed by atoms with Gasteiger partial charge in [0.05, 0.1) is 12.5 Å². The van der Waals surface area contributed by atoms with Crippen molar-refractivity contribution in [3.8, 4) is 0 Å². The molecule has 0 spiro atoms. The lowest BCUT2D eigenvalue weighted by molar-refractivity contribution is -0.297. The summed E-state index contributed by atoms with van der Waals surface area (Å²) in [6, 6.07) is 3.76. The Morgan fingerprint density at radius 3 is 2.86 bits per heavy atom. The monoisotopic (exact) mass is 210 g/mol. The normalized spacial score (nSPS) is 10.3. The third-order valence-corrected chi connectivity index (χ3v) is 2.26. The van der Waals surface area contributed by atoms with Crippen LogP contribution in [0.2, 0.25) is 0 Å². The van der Waals surface area contributed by atoms with E-state index in [1.165, 1.54) is 11.3 Å². The van der Waals surface area contributed by atoms with Crippen molar-refractivity contribution in [3.05, 3.63) is 34.5 Å². The molecule has 0 aromatic carbocycles. The Morgan fingerprint density at radius 1 is 1.50 bits per heavy atom. The first-order valence-corrected chi connectivity index (χ1v) is 4.75. The largest absolute Gasteiger partial charge is 0.545 e. The number of thiophene rings is 1. The van der Waals surface area contributed by atoms with Crippen molar-refractivity contribution < 1.29 is 14.7 Å². The average molecular weight is 210 g/mol. The van der Waals surface area contributed by atoms with Gasteiger partial charge in [-0.1, -0.05) is 6.07 Å². The first-order chi connectivity index (χ1) is 6.68. The van der Waals surface area contributed by atoms with Crippen molar-refractivity contribution >= 4 is 23.2 Å². The van der Waals surface area contributed by atoms with Gasteiger partial charge in [0.15, 0.2) is 0 Å². The maximum Gasteiger partial charge on any atom is 0.244 e. The quantitative estimate of drug-likeness (QED) is 0.692. The van der Waals surface area contributed by atoms with Crippen LogP contribution in [0.15, 0.2) is 29.7 Å². The second-order valence-electron chi connectivity index (χ2n) is 2.45. The molecule has 14 heavy (non-hydrogen) atoms. The molecule has 1 N–H and O–H groups in total. The van der Waals surface area contributed by atoms with Crippen LogP contribution < -0.4 is 10.4 Å². The summed E-state index contributed by atoms with van der Waals surface area (Å²) in [4.78, 5) is 21.9. The highest BCUT2D eigenvalue weighted by atomic mass is 32.1. The second-order valence-corrected chi connectivity index (χ2v) is 3.48. The highest BCUT2D eigenvalue weighted by Gasteiger charge is 1.96. The predicted molar refractivity (Wildman–Crippen MR) is 50.3 cm³/mol. The van der Waals surface area contributed by atoms with Gasteiger partial charge in [-0.25, -0.2) is 0 Å². The minimum absolute atomic E-state index is 0.411. The molecule has 5 heteroatoms. The van der Waals surface area contributed by atoms with Crippen molar-refractivity contribution in [2.45, 2.75) is 6.54 Å². The molecule has 1 aromatic rings. The number of aliphatic carboxylic acids is 1. The Kier molecular flexibility index (Phi) is 3.87. The summed E-state index contributed by atoms with van der Waals surface area (Å²) in [5, 5.41) is 14.4. The van der Waals surface area contributed by atoms with Crippen molar-refractivity contribution in [2.24, 2.45) is 0 Å². The van der Waals surface area contributed by atoms with Gasteiger partial charge in [-0.15, -0.1) is 11.3 Å². The van der Waals surface area contributed by atoms with Gasteiger partial charge in [-0.3, -0.25) is 4.79 Å². The first-order valence-electron chi connectivity index (χ1n) is 3.88. The molecule has 0 bridgehead atoms. The topological polar surface area (TPSA) is 69.2 Å². The average Bonchev–Trinajstić information content (AvgIpc) is 2.63. The van der Waals surface area contributed by atoms with E-state index in [1.807, 2.05) is 17.5 Å². The van der Waals surface area contributed by atoms with Crippen molar-refractivity contribution in [1.29, 1.82) is 0 Å². The number of carbonyl (C=O) groups is 2. The molecule has 0 aliphatic carbocycles. The van der Waals surface area contributed by atoms with Gasteiger partial charge in [0.25, 0.3) is 0 Å². The van der Waals surface area contributed by atoms with Gasteiger partial charge < -0.3 is 15.2 Å². The smallest absolute Gasteiger partial charge is 0.244 e. The van der Waals surface area contributed by atoms with E-state index >= 15 is 0 Å². The lowest BCUT2D eigenvalue weighted by atomic mass is 10.4. The summed E-state index contributed by atoms with van der Waals surface area (Å²) in [6.07, 6.45) is 1.63. The molecule has 0 radical (unpaired) electrons. The van der Waals surface area contributed by atoms with Crippen LogP contribution in [0.25, 0.3) is 0 Å². The van der Waals surface area contributed by atoms with E-state index in [2.05, 4.69) is 5.32 Å². The Bertz CT molecular complexity index is 343. The Hall–Kier alpha value is -1.62. The van der Waals surface area contributed by atoms with E-state index < -0.39 is 11.9 Å². The van der Waals surface area contributed by atoms with Crippen LogP contribution in [0.3, 0.4) is 0 Å². The molecule has 0 fully saturated rings. The number of carboxylic acid groups (broad SMARTS) is 1. The molecule has 0 aliphatic heterocycles. The highest BCUT2D eigenvalue weighted by molar-refractivity contribution is 7.09. The van der Waals surface area contributed by atoms with Gasteiger partial charge in [0.1, 0.15) is 0 Å². The van der Waals surface area contributed by atoms with Gasteiger partial charge in [0.2, 0.25) is 5.91 Å². The Morgan fingerprint density at radius 2 is 2.29 bits per heavy atom. The van der Waals surface area contributed by atoms with Crippen molar-refractivity contribution in [3.63, 3.8) is 0 Å². The zero-order chi connectivity index (χ0) is 10.4. The van der Waals surface area contributed by atoms with Gasteiger partial charge >= 0.3 is 0 Å². The van der Waals surface area contributed by atoms with Crippen LogP contribution in [0, 0.1) is 0 Å². The molecule has 1 heterocycles. The SMILES string of the molecule is O=C([O-])/C=C/C(=O)NCc1cccs1. The molecule has 74 valence electrons. The number of hydrogen-bond donors (Lipinski definition) is 1. The molecule has 0 aliphatic rings. The fourth-order valence-electron chi connectivity index (χ4n) is 0.790. The van der Waals surface area contributed by atoms with E-state index in [4.69, 9.17) is 0 Å². The fraction of sp³-hybridized carbons (Fsp3) is 0.111. The number of nitrogens with one attached hydrogen (secondary N) is 1. The molecule has 0 atom stereocenters. The predicted octanol–water partition coefficient (Wildman–Crippen LogP) is -0.330. The van der Waals surface area contributed by atoms with Crippen LogP contribution in [0.1, 0.15) is 4.88 Å². The van der Waals surface area contributed by atoms with E-state index in [9.17, 15) is 14.7 Å². The number of carbonyl (C=O) groups excluding carboxylic acids is 2. The van der Waals surface area contributed by atoms with Crippen LogP contribution in [0.5, 0.6) is 0 Å². The lowest BCUT2D eigenvalue weighted by Crippen LogP contribution is -2.23. The van der Waals surface area contributed by atoms with Crippen molar-refractivity contribution in [1.82, 2.24) is 5.32 Å². The van der Waals surface area contributed by atoms with Gasteiger partial charge in [0, 0.05) is 11.0 Å². The number of hydrogen-bond acceptors (Lipinski definition) is 4. The van der Waals surface area contributed by atoms with Crippen LogP contribution in [-0.2, 0) is 16.1 Å². The summed E-state index contributed by atoms with van der Waals surface area (Å²) in [5.74, 6) is -1.82. The van der Waals surface area contributed by atoms with Gasteiger partial charge in [-0.2, -0.15) is 0 Å². The molecule has 1 amide bonds. The number of rotatable bonds is 4. The minimum atomic E-state index is -1.38. The molecule has 1 rings (SSSR count). The van der Waals surface area contributed by atoms with E-state index in [0.29, 0.717) is 12.6 Å². The van der Waals surface area contributed by atoms with Crippen LogP contribution in [0.4, 0.5) is 0 Å². The third-order valence-electron chi connectivity index (χ3n) is 1.39. The molecular formula is C9H8NO3S-. The number of amides is 1. The highest BCUT2D eigenvalue weighted by Crippen LogP contribution is 2.06. The van der Waals surface area contributed by atoms with Crippen LogP contribution in [-0.4, -0.2) is 11.9 Å². The Labute approximate surface area is 84.9 Å². The Balaban J connectivity index is 2.32. The second kappa shape index (κ2) is 5.18. The van der Waals surface area contributed by atoms with Crippen LogP contribution >= 0.6 is 11.3 Å². The third kappa shape index (κ3) is 3.86. The van der Waals surface area contributed by atoms with E-state index in [1.54, 1.807) is 0 Å². The zero-order valence-electron chi connectivity index (χ0n) is 7.23. The maximum absolute atomic E-state index is 11.0. The molecule has 4 nitrogen and oxygen atoms in total. The fourth-order valence-corrected chi connectivity index (χ4v) is 1.43. The van der Waals surface area contributed by atoms with E-state index in [-0.39, 0.29) is 0 Å². The van der Waals surface area contributed by atoms with Crippen molar-refractivity contribution in [2.75, 3.05) is 0 Å². The van der Waals surface area contributed by atoms with E-state index in [0.717, 1.165) is 11.0 Å². The lowest BCUT2D eigenvalue weighted by Gasteiger charge is -1.98. The summed E-state index contributed by atoms with van der Waals surface area (Å²) in [7, 11) is 0. The summed E-state index contributed by atoms with van der Waals surface area (Å²) in [5.41, 5.74) is 0. The molecule has 0 unspecified atom stereocenters. The molecule has 0 saturated carbocycles. The molecule has 0 saturated heterocycles. The maximum atomic E-state index is 11.0. The first kappa shape index (κ1) is 10.5. The summed E-state index contributed by atoms with van der Waals surface area (Å²) >= 11 is 1.52. The molecular weight excluding hydrogens is 202 g/mol. The standard InChI is InChI=1S/C9H9NO3S/c11-8(3-4-9(12)13)10-6-7-2-1-5-14-7/h1-5H,6H2,(H,10,11)(H,12,13)/p-1/b4-3+. The summed E-state index contributed by atoms with van der Waals surface area (Å²) in [6.45, 7) is 0.411. The summed E-state index contributed by atoms with van der Waals surface area (Å²) < 4.78 is 0. The number of carboxylic acids is 1. The molecule has 1 aromatic heterocycles. The zero-order valence-corrected chi connectivity index (χ0v) is 8.04. The van der Waals surface area contributed by atoms with Gasteiger partial charge in [-0.05, 0) is 17.5 Å². The minimum Gasteiger partial charge on any atom is -0.545 e.